The number of fused-ring (bicyclic) bond motifs is 1. The molecule has 2 atom stereocenters. The van der Waals surface area contributed by atoms with Crippen LogP contribution in [0.25, 0.3) is 0 Å². The number of rotatable bonds is 3. The van der Waals surface area contributed by atoms with E-state index >= 15 is 0 Å². The summed E-state index contributed by atoms with van der Waals surface area (Å²) in [5.74, 6) is 0.990. The highest BCUT2D eigenvalue weighted by Crippen LogP contribution is 2.26. The Morgan fingerprint density at radius 2 is 2.11 bits per heavy atom. The Bertz CT molecular complexity index is 535. The van der Waals surface area contributed by atoms with Gasteiger partial charge in [0.05, 0.1) is 12.3 Å². The van der Waals surface area contributed by atoms with Gasteiger partial charge < -0.3 is 9.73 Å². The van der Waals surface area contributed by atoms with Gasteiger partial charge >= 0.3 is 0 Å². The molecule has 1 aromatic heterocycles. The highest BCUT2D eigenvalue weighted by atomic mass is 35.5. The molecule has 2 nitrogen and oxygen atoms in total. The smallest absolute Gasteiger partial charge is 0.120 e. The minimum Gasteiger partial charge on any atom is -0.468 e. The fourth-order valence-corrected chi connectivity index (χ4v) is 2.87. The lowest BCUT2D eigenvalue weighted by molar-refractivity contribution is 0.392. The second-order valence-electron chi connectivity index (χ2n) is 4.92. The molecule has 94 valence electrons. The first kappa shape index (κ1) is 11.8. The number of benzene rings is 1. The maximum Gasteiger partial charge on any atom is 0.120 e. The van der Waals surface area contributed by atoms with Crippen LogP contribution in [-0.2, 0) is 12.8 Å². The van der Waals surface area contributed by atoms with Crippen LogP contribution in [0.4, 0.5) is 0 Å². The molecule has 3 heteroatoms. The van der Waals surface area contributed by atoms with Gasteiger partial charge in [0.25, 0.3) is 0 Å². The summed E-state index contributed by atoms with van der Waals surface area (Å²) in [4.78, 5) is 0. The molecule has 0 radical (unpaired) electrons. The third-order valence-corrected chi connectivity index (χ3v) is 3.79. The van der Waals surface area contributed by atoms with Crippen molar-refractivity contribution in [1.82, 2.24) is 5.32 Å². The number of hydrogen-bond donors (Lipinski definition) is 1. The molecule has 0 saturated heterocycles. The van der Waals surface area contributed by atoms with E-state index in [1.165, 1.54) is 11.1 Å². The van der Waals surface area contributed by atoms with Crippen LogP contribution in [0.5, 0.6) is 0 Å². The Hall–Kier alpha value is -1.25. The van der Waals surface area contributed by atoms with Crippen LogP contribution in [0.2, 0.25) is 5.02 Å². The van der Waals surface area contributed by atoms with E-state index in [1.807, 2.05) is 18.2 Å². The monoisotopic (exact) mass is 261 g/mol. The van der Waals surface area contributed by atoms with E-state index in [0.29, 0.717) is 6.04 Å². The Balaban J connectivity index is 1.67. The maximum absolute atomic E-state index is 6.02. The molecular weight excluding hydrogens is 246 g/mol. The van der Waals surface area contributed by atoms with Crippen molar-refractivity contribution >= 4 is 11.6 Å². The fraction of sp³-hybridized carbons (Fsp3) is 0.333. The van der Waals surface area contributed by atoms with Gasteiger partial charge in [0, 0.05) is 11.1 Å². The van der Waals surface area contributed by atoms with Crippen LogP contribution in [0.1, 0.15) is 29.9 Å². The molecule has 1 aliphatic carbocycles. The molecule has 0 amide bonds. The molecule has 2 aromatic rings. The molecule has 0 spiro atoms. The Labute approximate surface area is 112 Å². The fourth-order valence-electron chi connectivity index (χ4n) is 2.68. The first-order valence-electron chi connectivity index (χ1n) is 6.29. The lowest BCUT2D eigenvalue weighted by atomic mass is 10.1. The van der Waals surface area contributed by atoms with Gasteiger partial charge in [-0.2, -0.15) is 0 Å². The van der Waals surface area contributed by atoms with Crippen molar-refractivity contribution in [2.24, 2.45) is 0 Å². The van der Waals surface area contributed by atoms with E-state index in [2.05, 4.69) is 24.4 Å². The Kier molecular flexibility index (Phi) is 3.14. The Morgan fingerprint density at radius 1 is 1.28 bits per heavy atom. The highest BCUT2D eigenvalue weighted by Gasteiger charge is 2.23. The summed E-state index contributed by atoms with van der Waals surface area (Å²) < 4.78 is 5.42. The first-order chi connectivity index (χ1) is 8.72. The lowest BCUT2D eigenvalue weighted by Crippen LogP contribution is -2.31. The van der Waals surface area contributed by atoms with Crippen LogP contribution in [0.3, 0.4) is 0 Å². The van der Waals surface area contributed by atoms with E-state index in [4.69, 9.17) is 16.0 Å². The van der Waals surface area contributed by atoms with Gasteiger partial charge in [-0.25, -0.2) is 0 Å². The zero-order valence-electron chi connectivity index (χ0n) is 10.3. The van der Waals surface area contributed by atoms with Crippen molar-refractivity contribution in [1.29, 1.82) is 0 Å². The third-order valence-electron chi connectivity index (χ3n) is 3.56. The number of hydrogen-bond acceptors (Lipinski definition) is 2. The zero-order chi connectivity index (χ0) is 12.5. The molecule has 0 bridgehead atoms. The molecule has 1 aliphatic rings. The van der Waals surface area contributed by atoms with Gasteiger partial charge in [-0.1, -0.05) is 17.7 Å². The summed E-state index contributed by atoms with van der Waals surface area (Å²) in [5, 5.41) is 4.44. The normalized spacial score (nSPS) is 19.8. The maximum atomic E-state index is 6.02. The molecule has 0 aliphatic heterocycles. The standard InChI is InChI=1S/C15H16ClNO/c1-10(15-3-2-6-18-15)17-14-8-11-4-5-13(16)7-12(11)9-14/h2-7,10,14,17H,8-9H2,1H3. The molecule has 1 N–H and O–H groups in total. The van der Waals surface area contributed by atoms with Crippen molar-refractivity contribution in [3.63, 3.8) is 0 Å². The van der Waals surface area contributed by atoms with Gasteiger partial charge in [-0.05, 0) is 55.2 Å². The highest BCUT2D eigenvalue weighted by molar-refractivity contribution is 6.30. The van der Waals surface area contributed by atoms with E-state index < -0.39 is 0 Å². The number of halogens is 1. The largest absolute Gasteiger partial charge is 0.468 e. The van der Waals surface area contributed by atoms with Gasteiger partial charge in [0.15, 0.2) is 0 Å². The Morgan fingerprint density at radius 3 is 2.89 bits per heavy atom. The zero-order valence-corrected chi connectivity index (χ0v) is 11.1. The summed E-state index contributed by atoms with van der Waals surface area (Å²) in [6, 6.07) is 10.8. The van der Waals surface area contributed by atoms with E-state index in [9.17, 15) is 0 Å². The van der Waals surface area contributed by atoms with E-state index in [0.717, 1.165) is 23.6 Å². The molecular formula is C15H16ClNO. The SMILES string of the molecule is CC(NC1Cc2ccc(Cl)cc2C1)c1ccco1. The van der Waals surface area contributed by atoms with Gasteiger partial charge in [-0.15, -0.1) is 0 Å². The second-order valence-corrected chi connectivity index (χ2v) is 5.36. The van der Waals surface area contributed by atoms with Crippen molar-refractivity contribution in [2.45, 2.75) is 31.8 Å². The molecule has 0 fully saturated rings. The number of furan rings is 1. The van der Waals surface area contributed by atoms with Crippen molar-refractivity contribution < 1.29 is 4.42 Å². The average Bonchev–Trinajstić information content (AvgIpc) is 2.95. The average molecular weight is 262 g/mol. The van der Waals surface area contributed by atoms with Crippen LogP contribution in [0, 0.1) is 0 Å². The first-order valence-corrected chi connectivity index (χ1v) is 6.67. The minimum absolute atomic E-state index is 0.245. The van der Waals surface area contributed by atoms with Gasteiger partial charge in [-0.3, -0.25) is 0 Å². The second kappa shape index (κ2) is 4.79. The van der Waals surface area contributed by atoms with Gasteiger partial charge in [0.1, 0.15) is 5.76 Å². The molecule has 1 aromatic carbocycles. The summed E-state index contributed by atoms with van der Waals surface area (Å²) >= 11 is 6.02. The molecule has 1 heterocycles. The molecule has 2 unspecified atom stereocenters. The van der Waals surface area contributed by atoms with Crippen LogP contribution < -0.4 is 5.32 Å². The minimum atomic E-state index is 0.245. The molecule has 3 rings (SSSR count). The summed E-state index contributed by atoms with van der Waals surface area (Å²) in [6.45, 7) is 2.13. The van der Waals surface area contributed by atoms with Crippen LogP contribution >= 0.6 is 11.6 Å². The predicted octanol–water partition coefficient (Wildman–Crippen LogP) is 3.75. The number of nitrogens with one attached hydrogen (secondary N) is 1. The lowest BCUT2D eigenvalue weighted by Gasteiger charge is -2.17. The van der Waals surface area contributed by atoms with Crippen molar-refractivity contribution in [3.8, 4) is 0 Å². The third kappa shape index (κ3) is 2.31. The van der Waals surface area contributed by atoms with E-state index in [1.54, 1.807) is 6.26 Å². The summed E-state index contributed by atoms with van der Waals surface area (Å²) in [7, 11) is 0. The summed E-state index contributed by atoms with van der Waals surface area (Å²) in [6.07, 6.45) is 3.83. The predicted molar refractivity (Wildman–Crippen MR) is 72.9 cm³/mol. The van der Waals surface area contributed by atoms with Gasteiger partial charge in [0.2, 0.25) is 0 Å². The molecule has 18 heavy (non-hydrogen) atoms. The topological polar surface area (TPSA) is 25.2 Å². The summed E-state index contributed by atoms with van der Waals surface area (Å²) in [5.41, 5.74) is 2.77. The van der Waals surface area contributed by atoms with Crippen molar-refractivity contribution in [2.75, 3.05) is 0 Å². The van der Waals surface area contributed by atoms with Crippen LogP contribution in [0.15, 0.2) is 41.0 Å². The van der Waals surface area contributed by atoms with E-state index in [-0.39, 0.29) is 6.04 Å². The van der Waals surface area contributed by atoms with Crippen LogP contribution in [-0.4, -0.2) is 6.04 Å². The quantitative estimate of drug-likeness (QED) is 0.910. The van der Waals surface area contributed by atoms with Crippen molar-refractivity contribution in [3.05, 3.63) is 58.5 Å². The molecule has 0 saturated carbocycles.